The molecule has 9 nitrogen and oxygen atoms in total. The van der Waals surface area contributed by atoms with Crippen molar-refractivity contribution in [1.29, 1.82) is 0 Å². The molecule has 0 aromatic carbocycles. The molecule has 0 saturated heterocycles. The first-order valence-electron chi connectivity index (χ1n) is 24.9. The molecular weight excluding hydrogens is 709 g/mol. The lowest BCUT2D eigenvalue weighted by molar-refractivity contribution is -0.190. The number of nitrogens with zero attached hydrogens (tertiary/aromatic N) is 1. The van der Waals surface area contributed by atoms with Gasteiger partial charge < -0.3 is 47.4 Å². The number of nitrogens with two attached hydrogens (primary N) is 4. The van der Waals surface area contributed by atoms with Gasteiger partial charge in [0.05, 0.1) is 18.3 Å². The van der Waals surface area contributed by atoms with Gasteiger partial charge in [0.2, 0.25) is 0 Å². The third-order valence-electron chi connectivity index (χ3n) is 15.0. The molecule has 0 aromatic rings. The van der Waals surface area contributed by atoms with Gasteiger partial charge in [0.15, 0.2) is 0 Å². The lowest BCUT2D eigenvalue weighted by Crippen LogP contribution is -2.58. The lowest BCUT2D eigenvalue weighted by atomic mass is 9.46. The van der Waals surface area contributed by atoms with Crippen molar-refractivity contribution >= 4 is 0 Å². The predicted octanol–water partition coefficient (Wildman–Crippen LogP) is 8.25. The van der Waals surface area contributed by atoms with E-state index in [1.165, 1.54) is 129 Å². The highest BCUT2D eigenvalue weighted by atomic mass is 16.5. The van der Waals surface area contributed by atoms with E-state index in [0.717, 1.165) is 83.4 Å². The van der Waals surface area contributed by atoms with Crippen LogP contribution < -0.4 is 28.3 Å². The zero-order valence-electron chi connectivity index (χ0n) is 38.2. The Bertz CT molecular complexity index is 947. The summed E-state index contributed by atoms with van der Waals surface area (Å²) < 4.78 is 20.1. The molecule has 9 N–H and O–H groups in total. The first-order chi connectivity index (χ1) is 27.8. The van der Waals surface area contributed by atoms with E-state index in [0.29, 0.717) is 67.0 Å². The summed E-state index contributed by atoms with van der Waals surface area (Å²) in [6, 6.07) is 0. The van der Waals surface area contributed by atoms with Crippen LogP contribution in [0.1, 0.15) is 169 Å². The first-order valence-corrected chi connectivity index (χ1v) is 24.9. The van der Waals surface area contributed by atoms with Gasteiger partial charge in [0, 0.05) is 19.8 Å². The molecule has 0 aromatic heterocycles. The van der Waals surface area contributed by atoms with Crippen LogP contribution in [0.4, 0.5) is 0 Å². The monoisotopic (exact) mass is 807 g/mol. The van der Waals surface area contributed by atoms with Gasteiger partial charge in [-0.3, -0.25) is 0 Å². The molecule has 3 aliphatic rings. The van der Waals surface area contributed by atoms with Gasteiger partial charge in [0.25, 0.3) is 0 Å². The molecule has 10 atom stereocenters. The molecule has 338 valence electrons. The predicted molar refractivity (Wildman–Crippen MR) is 242 cm³/mol. The van der Waals surface area contributed by atoms with Crippen molar-refractivity contribution in [3.8, 4) is 0 Å². The fourth-order valence-electron chi connectivity index (χ4n) is 11.5. The number of rotatable bonds is 35. The molecule has 0 spiro atoms. The number of nitrogens with one attached hydrogen (secondary N) is 1. The van der Waals surface area contributed by atoms with Gasteiger partial charge in [-0.25, -0.2) is 0 Å². The molecule has 4 unspecified atom stereocenters. The van der Waals surface area contributed by atoms with E-state index in [1.54, 1.807) is 0 Å². The maximum atomic E-state index is 6.94. The largest absolute Gasteiger partial charge is 0.378 e. The van der Waals surface area contributed by atoms with Gasteiger partial charge in [-0.1, -0.05) is 66.2 Å². The summed E-state index contributed by atoms with van der Waals surface area (Å²) in [5, 5.41) is 3.60. The van der Waals surface area contributed by atoms with E-state index in [-0.39, 0.29) is 0 Å². The van der Waals surface area contributed by atoms with Crippen LogP contribution >= 0.6 is 0 Å². The topological polar surface area (TPSA) is 147 Å². The number of unbranched alkanes of at least 4 members (excludes halogenated alkanes) is 5. The standard InChI is InChI=1S/C48H98N6O3/c1-5-7-8-9-10-11-29-54(31-17-28-53-27-13-23-49)30-12-18-39(3)40(6-2)19-20-41-35-44(56-33-15-25-51)38-45-47(41)46(57-34-16-26-52)37-42-36-43(55-32-14-24-50)21-22-48(42,45)4/h39-47,53H,5-38,49-52H2,1-4H3/t39?,40?,41-,42?,43-,44-,45+,46-,47?,48+/m1/s1. The smallest absolute Gasteiger partial charge is 0.0611 e. The Morgan fingerprint density at radius 3 is 2.00 bits per heavy atom. The van der Waals surface area contributed by atoms with Gasteiger partial charge >= 0.3 is 0 Å². The highest BCUT2D eigenvalue weighted by molar-refractivity contribution is 5.07. The molecule has 0 bridgehead atoms. The normalized spacial score (nSPS) is 28.7. The second-order valence-corrected chi connectivity index (χ2v) is 19.2. The minimum Gasteiger partial charge on any atom is -0.378 e. The summed E-state index contributed by atoms with van der Waals surface area (Å²) >= 11 is 0. The maximum absolute atomic E-state index is 6.94. The van der Waals surface area contributed by atoms with E-state index in [1.807, 2.05) is 0 Å². The summed E-state index contributed by atoms with van der Waals surface area (Å²) in [7, 11) is 0. The maximum Gasteiger partial charge on any atom is 0.0611 e. The SMILES string of the molecule is CCCCCCCCN(CCCNCCCN)CCCC(C)C(CC)CC[C@@H]1C[C@@H](OCCCN)C[C@H]2C1[C@H](OCCCN)CC1C[C@H](OCCCN)CC[C@@]12C. The molecule has 0 radical (unpaired) electrons. The molecule has 3 saturated carbocycles. The first kappa shape index (κ1) is 51.0. The van der Waals surface area contributed by atoms with Crippen LogP contribution in [0, 0.1) is 40.9 Å². The minimum absolute atomic E-state index is 0.305. The van der Waals surface area contributed by atoms with Crippen molar-refractivity contribution in [2.75, 3.05) is 78.7 Å². The molecule has 9 heteroatoms. The Morgan fingerprint density at radius 2 is 1.30 bits per heavy atom. The fourth-order valence-corrected chi connectivity index (χ4v) is 11.5. The Labute approximate surface area is 353 Å². The van der Waals surface area contributed by atoms with Crippen LogP contribution in [0.3, 0.4) is 0 Å². The van der Waals surface area contributed by atoms with E-state index >= 15 is 0 Å². The second kappa shape index (κ2) is 30.6. The molecule has 0 heterocycles. The van der Waals surface area contributed by atoms with E-state index in [9.17, 15) is 0 Å². The summed E-state index contributed by atoms with van der Waals surface area (Å²) in [6.07, 6.45) is 28.0. The number of hydrogen-bond donors (Lipinski definition) is 5. The minimum atomic E-state index is 0.305. The molecule has 3 fully saturated rings. The highest BCUT2D eigenvalue weighted by Gasteiger charge is 2.58. The van der Waals surface area contributed by atoms with Gasteiger partial charge in [-0.05, 0) is 203 Å². The third-order valence-corrected chi connectivity index (χ3v) is 15.0. The average Bonchev–Trinajstić information content (AvgIpc) is 3.21. The third kappa shape index (κ3) is 18.3. The van der Waals surface area contributed by atoms with Crippen LogP contribution in [0.5, 0.6) is 0 Å². The van der Waals surface area contributed by atoms with Crippen LogP contribution in [0.15, 0.2) is 0 Å². The highest BCUT2D eigenvalue weighted by Crippen LogP contribution is 2.62. The van der Waals surface area contributed by atoms with Crippen LogP contribution in [-0.4, -0.2) is 102 Å². The van der Waals surface area contributed by atoms with Crippen molar-refractivity contribution in [3.05, 3.63) is 0 Å². The molecule has 0 amide bonds. The van der Waals surface area contributed by atoms with E-state index < -0.39 is 0 Å². The van der Waals surface area contributed by atoms with Gasteiger partial charge in [-0.2, -0.15) is 0 Å². The van der Waals surface area contributed by atoms with Crippen molar-refractivity contribution in [2.45, 2.75) is 187 Å². The van der Waals surface area contributed by atoms with Crippen molar-refractivity contribution in [3.63, 3.8) is 0 Å². The zero-order chi connectivity index (χ0) is 41.1. The van der Waals surface area contributed by atoms with Crippen LogP contribution in [0.25, 0.3) is 0 Å². The van der Waals surface area contributed by atoms with Crippen molar-refractivity contribution < 1.29 is 14.2 Å². The van der Waals surface area contributed by atoms with Crippen molar-refractivity contribution in [2.24, 2.45) is 63.9 Å². The fraction of sp³-hybridized carbons (Fsp3) is 1.00. The summed E-state index contributed by atoms with van der Waals surface area (Å²) in [5.41, 5.74) is 23.8. The summed E-state index contributed by atoms with van der Waals surface area (Å²) in [5.74, 6) is 4.00. The molecule has 3 aliphatic carbocycles. The van der Waals surface area contributed by atoms with Crippen molar-refractivity contribution in [1.82, 2.24) is 10.2 Å². The second-order valence-electron chi connectivity index (χ2n) is 19.2. The Morgan fingerprint density at radius 1 is 0.667 bits per heavy atom. The molecular formula is C48H98N6O3. The zero-order valence-corrected chi connectivity index (χ0v) is 38.2. The van der Waals surface area contributed by atoms with Gasteiger partial charge in [0.1, 0.15) is 0 Å². The Kier molecular flexibility index (Phi) is 27.4. The van der Waals surface area contributed by atoms with E-state index in [4.69, 9.17) is 37.1 Å². The van der Waals surface area contributed by atoms with E-state index in [2.05, 4.69) is 37.9 Å². The quantitative estimate of drug-likeness (QED) is 0.0400. The van der Waals surface area contributed by atoms with Crippen LogP contribution in [0.2, 0.25) is 0 Å². The molecule has 57 heavy (non-hydrogen) atoms. The van der Waals surface area contributed by atoms with Gasteiger partial charge in [-0.15, -0.1) is 0 Å². The average molecular weight is 807 g/mol. The summed E-state index contributed by atoms with van der Waals surface area (Å²) in [6.45, 7) is 21.1. The lowest BCUT2D eigenvalue weighted by Gasteiger charge is -2.61. The summed E-state index contributed by atoms with van der Waals surface area (Å²) in [4.78, 5) is 2.78. The Balaban J connectivity index is 1.66. The molecule has 3 rings (SSSR count). The number of fused-ring (bicyclic) bond motifs is 3. The number of hydrogen-bond acceptors (Lipinski definition) is 9. The Hall–Kier alpha value is -0.360. The van der Waals surface area contributed by atoms with Crippen LogP contribution in [-0.2, 0) is 14.2 Å². The molecule has 0 aliphatic heterocycles. The number of ether oxygens (including phenoxy) is 3.